The first-order valence-corrected chi connectivity index (χ1v) is 5.34. The molecule has 0 saturated carbocycles. The van der Waals surface area contributed by atoms with Crippen LogP contribution < -0.4 is 5.32 Å². The molecule has 2 aromatic heterocycles. The molecular formula is C10H12N2OS. The van der Waals surface area contributed by atoms with Crippen LogP contribution in [0, 0.1) is 6.92 Å². The molecule has 1 N–H and O–H groups in total. The van der Waals surface area contributed by atoms with Gasteiger partial charge < -0.3 is 9.84 Å². The smallest absolute Gasteiger partial charge is 0.177 e. The Balaban J connectivity index is 2.29. The van der Waals surface area contributed by atoms with Crippen LogP contribution in [0.25, 0.3) is 10.6 Å². The van der Waals surface area contributed by atoms with E-state index in [0.29, 0.717) is 0 Å². The van der Waals surface area contributed by atoms with Crippen LogP contribution in [0.2, 0.25) is 0 Å². The minimum absolute atomic E-state index is 0.744. The van der Waals surface area contributed by atoms with Crippen molar-refractivity contribution in [2.45, 2.75) is 13.5 Å². The van der Waals surface area contributed by atoms with Crippen LogP contribution in [-0.2, 0) is 6.54 Å². The number of thiophene rings is 1. The van der Waals surface area contributed by atoms with Gasteiger partial charge in [0.15, 0.2) is 5.76 Å². The maximum absolute atomic E-state index is 5.26. The topological polar surface area (TPSA) is 38.1 Å². The second-order valence-corrected chi connectivity index (χ2v) is 4.06. The second-order valence-electron chi connectivity index (χ2n) is 3.15. The second kappa shape index (κ2) is 3.94. The monoisotopic (exact) mass is 208 g/mol. The summed E-state index contributed by atoms with van der Waals surface area (Å²) >= 11 is 1.68. The van der Waals surface area contributed by atoms with Gasteiger partial charge in [-0.3, -0.25) is 0 Å². The number of aryl methyl sites for hydroxylation is 1. The summed E-state index contributed by atoms with van der Waals surface area (Å²) in [5.74, 6) is 0.864. The van der Waals surface area contributed by atoms with E-state index in [0.717, 1.165) is 18.0 Å². The number of nitrogens with zero attached hydrogens (tertiary/aromatic N) is 1. The lowest BCUT2D eigenvalue weighted by Crippen LogP contribution is -2.04. The van der Waals surface area contributed by atoms with Gasteiger partial charge in [-0.05, 0) is 31.0 Å². The van der Waals surface area contributed by atoms with E-state index in [1.807, 2.05) is 13.1 Å². The maximum Gasteiger partial charge on any atom is 0.177 e. The van der Waals surface area contributed by atoms with Crippen LogP contribution in [0.5, 0.6) is 0 Å². The lowest BCUT2D eigenvalue weighted by molar-refractivity contribution is 0.422. The number of rotatable bonds is 3. The van der Waals surface area contributed by atoms with Crippen molar-refractivity contribution in [3.8, 4) is 10.6 Å². The normalized spacial score (nSPS) is 10.7. The number of hydrogen-bond donors (Lipinski definition) is 1. The molecule has 0 spiro atoms. The molecule has 0 radical (unpaired) electrons. The van der Waals surface area contributed by atoms with Gasteiger partial charge in [-0.2, -0.15) is 0 Å². The molecule has 0 saturated heterocycles. The Labute approximate surface area is 86.7 Å². The zero-order valence-corrected chi connectivity index (χ0v) is 9.02. The van der Waals surface area contributed by atoms with E-state index in [2.05, 4.69) is 28.8 Å². The average molecular weight is 208 g/mol. The van der Waals surface area contributed by atoms with Crippen molar-refractivity contribution in [3.05, 3.63) is 28.8 Å². The summed E-state index contributed by atoms with van der Waals surface area (Å²) in [4.78, 5) is 1.17. The van der Waals surface area contributed by atoms with Crippen molar-refractivity contribution in [2.24, 2.45) is 0 Å². The highest BCUT2D eigenvalue weighted by Crippen LogP contribution is 2.29. The predicted octanol–water partition coefficient (Wildman–Crippen LogP) is 2.43. The molecule has 0 aliphatic carbocycles. The SMILES string of the molecule is CNCc1cc(-c2sccc2C)on1. The van der Waals surface area contributed by atoms with Crippen molar-refractivity contribution in [3.63, 3.8) is 0 Å². The fourth-order valence-corrected chi connectivity index (χ4v) is 2.18. The Morgan fingerprint density at radius 1 is 1.57 bits per heavy atom. The van der Waals surface area contributed by atoms with Crippen molar-refractivity contribution < 1.29 is 4.52 Å². The summed E-state index contributed by atoms with van der Waals surface area (Å²) in [5.41, 5.74) is 2.18. The van der Waals surface area contributed by atoms with E-state index < -0.39 is 0 Å². The van der Waals surface area contributed by atoms with Gasteiger partial charge in [-0.1, -0.05) is 5.16 Å². The quantitative estimate of drug-likeness (QED) is 0.841. The molecule has 2 heterocycles. The fraction of sp³-hybridized carbons (Fsp3) is 0.300. The molecule has 3 nitrogen and oxygen atoms in total. The van der Waals surface area contributed by atoms with Gasteiger partial charge in [-0.25, -0.2) is 0 Å². The molecule has 2 rings (SSSR count). The molecule has 0 aliphatic rings. The first-order valence-electron chi connectivity index (χ1n) is 4.46. The van der Waals surface area contributed by atoms with E-state index in [1.165, 1.54) is 10.4 Å². The van der Waals surface area contributed by atoms with Crippen LogP contribution in [0.1, 0.15) is 11.3 Å². The number of nitrogens with one attached hydrogen (secondary N) is 1. The standard InChI is InChI=1S/C10H12N2OS/c1-7-3-4-14-10(7)9-5-8(6-11-2)12-13-9/h3-5,11H,6H2,1-2H3. The Morgan fingerprint density at radius 3 is 3.07 bits per heavy atom. The third-order valence-corrected chi connectivity index (χ3v) is 3.03. The van der Waals surface area contributed by atoms with Gasteiger partial charge in [0.1, 0.15) is 0 Å². The molecule has 0 bridgehead atoms. The molecule has 0 amide bonds. The predicted molar refractivity (Wildman–Crippen MR) is 57.3 cm³/mol. The fourth-order valence-electron chi connectivity index (χ4n) is 1.31. The van der Waals surface area contributed by atoms with Gasteiger partial charge >= 0.3 is 0 Å². The third kappa shape index (κ3) is 1.71. The van der Waals surface area contributed by atoms with Crippen LogP contribution in [0.4, 0.5) is 0 Å². The van der Waals surface area contributed by atoms with Crippen molar-refractivity contribution in [1.29, 1.82) is 0 Å². The van der Waals surface area contributed by atoms with Gasteiger partial charge in [0.2, 0.25) is 0 Å². The molecular weight excluding hydrogens is 196 g/mol. The number of hydrogen-bond acceptors (Lipinski definition) is 4. The zero-order valence-electron chi connectivity index (χ0n) is 8.20. The third-order valence-electron chi connectivity index (χ3n) is 2.00. The first-order chi connectivity index (χ1) is 6.81. The van der Waals surface area contributed by atoms with Gasteiger partial charge in [0.25, 0.3) is 0 Å². The van der Waals surface area contributed by atoms with Crippen molar-refractivity contribution in [2.75, 3.05) is 7.05 Å². The van der Waals surface area contributed by atoms with Crippen molar-refractivity contribution in [1.82, 2.24) is 10.5 Å². The summed E-state index contributed by atoms with van der Waals surface area (Å²) in [7, 11) is 1.89. The van der Waals surface area contributed by atoms with Crippen molar-refractivity contribution >= 4 is 11.3 Å². The maximum atomic E-state index is 5.26. The highest BCUT2D eigenvalue weighted by molar-refractivity contribution is 7.13. The summed E-state index contributed by atoms with van der Waals surface area (Å²) in [6.07, 6.45) is 0. The summed E-state index contributed by atoms with van der Waals surface area (Å²) in [6.45, 7) is 2.82. The van der Waals surface area contributed by atoms with Crippen LogP contribution in [0.3, 0.4) is 0 Å². The minimum atomic E-state index is 0.744. The Bertz CT molecular complexity index is 419. The molecule has 0 atom stereocenters. The minimum Gasteiger partial charge on any atom is -0.355 e. The van der Waals surface area contributed by atoms with Crippen LogP contribution in [-0.4, -0.2) is 12.2 Å². The molecule has 74 valence electrons. The molecule has 0 fully saturated rings. The summed E-state index contributed by atoms with van der Waals surface area (Å²) in [5, 5.41) is 9.07. The lowest BCUT2D eigenvalue weighted by Gasteiger charge is -1.90. The molecule has 0 aliphatic heterocycles. The molecule has 0 unspecified atom stereocenters. The van der Waals surface area contributed by atoms with Gasteiger partial charge in [0, 0.05) is 12.6 Å². The molecule has 14 heavy (non-hydrogen) atoms. The van der Waals surface area contributed by atoms with E-state index in [1.54, 1.807) is 11.3 Å². The van der Waals surface area contributed by atoms with Gasteiger partial charge in [0.05, 0.1) is 10.6 Å². The van der Waals surface area contributed by atoms with E-state index in [9.17, 15) is 0 Å². The Kier molecular flexibility index (Phi) is 2.65. The van der Waals surface area contributed by atoms with E-state index in [4.69, 9.17) is 4.52 Å². The van der Waals surface area contributed by atoms with Crippen LogP contribution in [0.15, 0.2) is 22.0 Å². The lowest BCUT2D eigenvalue weighted by atomic mass is 10.2. The Hall–Kier alpha value is -1.13. The highest BCUT2D eigenvalue weighted by atomic mass is 32.1. The Morgan fingerprint density at radius 2 is 2.43 bits per heavy atom. The summed E-state index contributed by atoms with van der Waals surface area (Å²) in [6, 6.07) is 4.07. The highest BCUT2D eigenvalue weighted by Gasteiger charge is 2.09. The molecule has 4 heteroatoms. The van der Waals surface area contributed by atoms with E-state index in [-0.39, 0.29) is 0 Å². The zero-order chi connectivity index (χ0) is 9.97. The largest absolute Gasteiger partial charge is 0.355 e. The summed E-state index contributed by atoms with van der Waals surface area (Å²) < 4.78 is 5.26. The van der Waals surface area contributed by atoms with Gasteiger partial charge in [-0.15, -0.1) is 11.3 Å². The van der Waals surface area contributed by atoms with E-state index >= 15 is 0 Å². The molecule has 0 aromatic carbocycles. The number of aromatic nitrogens is 1. The first kappa shape index (κ1) is 9.43. The average Bonchev–Trinajstić information content (AvgIpc) is 2.74. The molecule has 2 aromatic rings. The van der Waals surface area contributed by atoms with Crippen LogP contribution >= 0.6 is 11.3 Å².